The number of benzene rings is 1. The second-order valence-electron chi connectivity index (χ2n) is 5.05. The van der Waals surface area contributed by atoms with E-state index in [2.05, 4.69) is 15.3 Å². The molecule has 0 saturated carbocycles. The van der Waals surface area contributed by atoms with E-state index in [0.717, 1.165) is 11.8 Å². The summed E-state index contributed by atoms with van der Waals surface area (Å²) >= 11 is 1.15. The van der Waals surface area contributed by atoms with E-state index < -0.39 is 5.25 Å². The molecule has 4 N–H and O–H groups in total. The van der Waals surface area contributed by atoms with Gasteiger partial charge in [-0.3, -0.25) is 9.59 Å². The molecule has 0 spiro atoms. The number of ether oxygens (including phenoxy) is 2. The number of rotatable bonds is 7. The quantitative estimate of drug-likeness (QED) is 0.507. The molecule has 0 aliphatic carbocycles. The Labute approximate surface area is 149 Å². The molecule has 1 aromatic heterocycles. The summed E-state index contributed by atoms with van der Waals surface area (Å²) in [6.45, 7) is 1.87. The van der Waals surface area contributed by atoms with Gasteiger partial charge in [-0.1, -0.05) is 18.7 Å². The zero-order chi connectivity index (χ0) is 18.4. The van der Waals surface area contributed by atoms with E-state index in [-0.39, 0.29) is 17.3 Å². The van der Waals surface area contributed by atoms with Crippen molar-refractivity contribution in [2.45, 2.75) is 23.8 Å². The molecule has 9 heteroatoms. The number of nitrogen functional groups attached to an aromatic ring is 1. The molecule has 0 fully saturated rings. The van der Waals surface area contributed by atoms with E-state index in [1.54, 1.807) is 25.3 Å². The van der Waals surface area contributed by atoms with Gasteiger partial charge in [0.25, 0.3) is 5.56 Å². The maximum atomic E-state index is 12.5. The highest BCUT2D eigenvalue weighted by molar-refractivity contribution is 8.00. The molecule has 1 amide bonds. The predicted octanol–water partition coefficient (Wildman–Crippen LogP) is 1.88. The molecule has 0 aliphatic heterocycles. The molecule has 1 heterocycles. The fourth-order valence-electron chi connectivity index (χ4n) is 2.10. The summed E-state index contributed by atoms with van der Waals surface area (Å²) in [6.07, 6.45) is 0.544. The monoisotopic (exact) mass is 364 g/mol. The van der Waals surface area contributed by atoms with Crippen LogP contribution in [0.25, 0.3) is 0 Å². The number of carbonyl (C=O) groups excluding carboxylic acids is 1. The van der Waals surface area contributed by atoms with Crippen molar-refractivity contribution in [3.8, 4) is 11.5 Å². The van der Waals surface area contributed by atoms with Crippen LogP contribution in [-0.4, -0.2) is 35.3 Å². The Balaban J connectivity index is 2.13. The minimum atomic E-state index is -0.446. The Kier molecular flexibility index (Phi) is 6.29. The predicted molar refractivity (Wildman–Crippen MR) is 97.4 cm³/mol. The molecule has 0 aliphatic rings. The number of aromatic nitrogens is 2. The largest absolute Gasteiger partial charge is 0.493 e. The van der Waals surface area contributed by atoms with Gasteiger partial charge in [0.15, 0.2) is 16.7 Å². The van der Waals surface area contributed by atoms with Crippen molar-refractivity contribution in [2.24, 2.45) is 0 Å². The highest BCUT2D eigenvalue weighted by atomic mass is 32.2. The van der Waals surface area contributed by atoms with E-state index in [9.17, 15) is 9.59 Å². The molecule has 0 radical (unpaired) electrons. The SMILES string of the molecule is CCC(Sc1nc(N)cc(=O)[nH]1)C(=O)Nc1ccc(OC)c(OC)c1. The number of anilines is 2. The van der Waals surface area contributed by atoms with Crippen molar-refractivity contribution in [3.05, 3.63) is 34.6 Å². The Hall–Kier alpha value is -2.68. The second kappa shape index (κ2) is 8.43. The normalized spacial score (nSPS) is 11.6. The number of H-pyrrole nitrogens is 1. The Morgan fingerprint density at radius 2 is 2.04 bits per heavy atom. The molecular formula is C16H20N4O4S. The maximum absolute atomic E-state index is 12.5. The number of aromatic amines is 1. The molecule has 8 nitrogen and oxygen atoms in total. The van der Waals surface area contributed by atoms with Crippen molar-refractivity contribution in [3.63, 3.8) is 0 Å². The third-order valence-corrected chi connectivity index (χ3v) is 4.56. The topological polar surface area (TPSA) is 119 Å². The van der Waals surface area contributed by atoms with E-state index in [4.69, 9.17) is 15.2 Å². The second-order valence-corrected chi connectivity index (χ2v) is 6.24. The van der Waals surface area contributed by atoms with Crippen LogP contribution in [0.3, 0.4) is 0 Å². The molecule has 134 valence electrons. The van der Waals surface area contributed by atoms with Crippen molar-refractivity contribution in [2.75, 3.05) is 25.3 Å². The molecule has 0 saturated heterocycles. The molecular weight excluding hydrogens is 344 g/mol. The van der Waals surface area contributed by atoms with Crippen LogP contribution in [0.1, 0.15) is 13.3 Å². The first-order valence-corrected chi connectivity index (χ1v) is 8.41. The number of hydrogen-bond acceptors (Lipinski definition) is 7. The van der Waals surface area contributed by atoms with Gasteiger partial charge in [-0.05, 0) is 18.6 Å². The first kappa shape index (κ1) is 18.7. The zero-order valence-corrected chi connectivity index (χ0v) is 15.0. The van der Waals surface area contributed by atoms with Gasteiger partial charge in [-0.25, -0.2) is 4.98 Å². The highest BCUT2D eigenvalue weighted by Gasteiger charge is 2.20. The van der Waals surface area contributed by atoms with Gasteiger partial charge in [-0.2, -0.15) is 0 Å². The fraction of sp³-hybridized carbons (Fsp3) is 0.312. The minimum Gasteiger partial charge on any atom is -0.493 e. The molecule has 25 heavy (non-hydrogen) atoms. The molecule has 1 atom stereocenters. The fourth-order valence-corrected chi connectivity index (χ4v) is 3.02. The van der Waals surface area contributed by atoms with Crippen LogP contribution in [0.5, 0.6) is 11.5 Å². The van der Waals surface area contributed by atoms with E-state index >= 15 is 0 Å². The van der Waals surface area contributed by atoms with E-state index in [1.165, 1.54) is 13.2 Å². The van der Waals surface area contributed by atoms with Gasteiger partial charge < -0.3 is 25.5 Å². The van der Waals surface area contributed by atoms with Crippen molar-refractivity contribution < 1.29 is 14.3 Å². The van der Waals surface area contributed by atoms with Gasteiger partial charge in [0.05, 0.1) is 19.5 Å². The Morgan fingerprint density at radius 1 is 1.32 bits per heavy atom. The summed E-state index contributed by atoms with van der Waals surface area (Å²) in [6, 6.07) is 6.29. The van der Waals surface area contributed by atoms with Crippen LogP contribution < -0.4 is 26.1 Å². The average molecular weight is 364 g/mol. The smallest absolute Gasteiger partial charge is 0.253 e. The lowest BCUT2D eigenvalue weighted by Crippen LogP contribution is -2.25. The number of hydrogen-bond donors (Lipinski definition) is 3. The van der Waals surface area contributed by atoms with Crippen LogP contribution in [0.4, 0.5) is 11.5 Å². The van der Waals surface area contributed by atoms with Crippen LogP contribution in [-0.2, 0) is 4.79 Å². The van der Waals surface area contributed by atoms with Gasteiger partial charge in [0, 0.05) is 17.8 Å². The lowest BCUT2D eigenvalue weighted by Gasteiger charge is -2.15. The lowest BCUT2D eigenvalue weighted by molar-refractivity contribution is -0.115. The van der Waals surface area contributed by atoms with Gasteiger partial charge in [0.1, 0.15) is 5.82 Å². The lowest BCUT2D eigenvalue weighted by atomic mass is 10.2. The summed E-state index contributed by atoms with van der Waals surface area (Å²) in [5, 5.41) is 2.68. The molecule has 2 aromatic rings. The zero-order valence-electron chi connectivity index (χ0n) is 14.2. The first-order valence-electron chi connectivity index (χ1n) is 7.53. The summed E-state index contributed by atoms with van der Waals surface area (Å²) in [7, 11) is 3.06. The van der Waals surface area contributed by atoms with Crippen LogP contribution >= 0.6 is 11.8 Å². The number of thioether (sulfide) groups is 1. The number of nitrogens with one attached hydrogen (secondary N) is 2. The van der Waals surface area contributed by atoms with Crippen LogP contribution in [0, 0.1) is 0 Å². The van der Waals surface area contributed by atoms with E-state index in [0.29, 0.717) is 28.8 Å². The number of methoxy groups -OCH3 is 2. The van der Waals surface area contributed by atoms with Crippen molar-refractivity contribution in [1.82, 2.24) is 9.97 Å². The van der Waals surface area contributed by atoms with Crippen molar-refractivity contribution >= 4 is 29.2 Å². The number of carbonyl (C=O) groups is 1. The third-order valence-electron chi connectivity index (χ3n) is 3.31. The highest BCUT2D eigenvalue weighted by Crippen LogP contribution is 2.30. The molecule has 0 bridgehead atoms. The van der Waals surface area contributed by atoms with Crippen LogP contribution in [0.2, 0.25) is 0 Å². The minimum absolute atomic E-state index is 0.112. The first-order chi connectivity index (χ1) is 12.0. The standard InChI is InChI=1S/C16H20N4O4S/c1-4-12(25-16-19-13(17)8-14(21)20-16)15(22)18-9-5-6-10(23-2)11(7-9)24-3/h5-8,12H,4H2,1-3H3,(H,18,22)(H3,17,19,20,21). The number of amides is 1. The Bertz CT molecular complexity index is 809. The van der Waals surface area contributed by atoms with Crippen LogP contribution in [0.15, 0.2) is 34.2 Å². The molecule has 1 aromatic carbocycles. The van der Waals surface area contributed by atoms with Crippen molar-refractivity contribution in [1.29, 1.82) is 0 Å². The summed E-state index contributed by atoms with van der Waals surface area (Å²) in [5.74, 6) is 0.984. The third kappa shape index (κ3) is 4.90. The average Bonchev–Trinajstić information content (AvgIpc) is 2.58. The van der Waals surface area contributed by atoms with E-state index in [1.807, 2.05) is 6.92 Å². The maximum Gasteiger partial charge on any atom is 0.253 e. The molecule has 2 rings (SSSR count). The van der Waals surface area contributed by atoms with Gasteiger partial charge >= 0.3 is 0 Å². The number of nitrogens with two attached hydrogens (primary N) is 1. The molecule has 1 unspecified atom stereocenters. The van der Waals surface area contributed by atoms with Gasteiger partial charge in [0.2, 0.25) is 5.91 Å². The Morgan fingerprint density at radius 3 is 2.64 bits per heavy atom. The van der Waals surface area contributed by atoms with Gasteiger partial charge in [-0.15, -0.1) is 0 Å². The summed E-state index contributed by atoms with van der Waals surface area (Å²) in [5.41, 5.74) is 5.79. The summed E-state index contributed by atoms with van der Waals surface area (Å²) < 4.78 is 10.4. The number of nitrogens with zero attached hydrogens (tertiary/aromatic N) is 1. The summed E-state index contributed by atoms with van der Waals surface area (Å²) in [4.78, 5) is 30.6.